The minimum Gasteiger partial charge on any atom is -0.288 e. The zero-order valence-electron chi connectivity index (χ0n) is 11.0. The van der Waals surface area contributed by atoms with Crippen molar-refractivity contribution in [1.82, 2.24) is 20.2 Å². The van der Waals surface area contributed by atoms with E-state index >= 15 is 0 Å². The normalized spacial score (nSPS) is 10.8. The average molecular weight is 321 g/mol. The van der Waals surface area contributed by atoms with Crippen molar-refractivity contribution in [1.29, 1.82) is 0 Å². The maximum atomic E-state index is 13.4. The van der Waals surface area contributed by atoms with E-state index in [0.29, 0.717) is 13.0 Å². The number of amides is 1. The Bertz CT molecular complexity index is 703. The molecule has 1 heterocycles. The van der Waals surface area contributed by atoms with Crippen LogP contribution in [0.4, 0.5) is 27.9 Å². The fourth-order valence-corrected chi connectivity index (χ4v) is 1.56. The summed E-state index contributed by atoms with van der Waals surface area (Å²) in [6.07, 6.45) is 0.654. The molecule has 0 aliphatic rings. The molecular formula is C11H8F5N5O. The number of hydrogen-bond donors (Lipinski definition) is 1. The Morgan fingerprint density at radius 1 is 1.05 bits per heavy atom. The molecule has 0 atom stereocenters. The van der Waals surface area contributed by atoms with Crippen molar-refractivity contribution in [2.75, 3.05) is 5.32 Å². The first-order chi connectivity index (χ1) is 10.4. The molecule has 0 aliphatic carbocycles. The van der Waals surface area contributed by atoms with Gasteiger partial charge in [0.1, 0.15) is 5.56 Å². The highest BCUT2D eigenvalue weighted by Crippen LogP contribution is 2.23. The van der Waals surface area contributed by atoms with E-state index < -0.39 is 46.5 Å². The summed E-state index contributed by atoms with van der Waals surface area (Å²) in [6, 6.07) is 0. The van der Waals surface area contributed by atoms with Crippen LogP contribution in [-0.4, -0.2) is 26.1 Å². The van der Waals surface area contributed by atoms with Gasteiger partial charge in [0.15, 0.2) is 23.3 Å². The molecule has 22 heavy (non-hydrogen) atoms. The number of rotatable bonds is 4. The molecule has 2 aromatic rings. The van der Waals surface area contributed by atoms with E-state index in [1.165, 1.54) is 0 Å². The maximum Gasteiger partial charge on any atom is 0.270 e. The number of nitrogens with zero attached hydrogens (tertiary/aromatic N) is 4. The second-order valence-electron chi connectivity index (χ2n) is 4.11. The first kappa shape index (κ1) is 15.8. The van der Waals surface area contributed by atoms with Crippen molar-refractivity contribution < 1.29 is 26.7 Å². The van der Waals surface area contributed by atoms with Crippen LogP contribution in [0.15, 0.2) is 0 Å². The minimum atomic E-state index is -2.35. The van der Waals surface area contributed by atoms with Crippen LogP contribution >= 0.6 is 0 Å². The Kier molecular flexibility index (Phi) is 4.33. The molecule has 118 valence electrons. The van der Waals surface area contributed by atoms with E-state index in [9.17, 15) is 26.7 Å². The number of aryl methyl sites for hydroxylation is 1. The Balaban J connectivity index is 2.33. The van der Waals surface area contributed by atoms with E-state index in [-0.39, 0.29) is 0 Å². The SMILES string of the molecule is CCCn1nnc(NC(=O)c2c(F)c(F)c(F)c(F)c2F)n1. The van der Waals surface area contributed by atoms with Gasteiger partial charge in [-0.3, -0.25) is 10.1 Å². The fourth-order valence-electron chi connectivity index (χ4n) is 1.56. The first-order valence-corrected chi connectivity index (χ1v) is 5.97. The van der Waals surface area contributed by atoms with Gasteiger partial charge in [-0.05, 0) is 11.6 Å². The lowest BCUT2D eigenvalue weighted by Gasteiger charge is -2.06. The second-order valence-corrected chi connectivity index (χ2v) is 4.11. The van der Waals surface area contributed by atoms with Crippen molar-refractivity contribution in [3.8, 4) is 0 Å². The molecule has 11 heteroatoms. The van der Waals surface area contributed by atoms with Gasteiger partial charge in [0.05, 0.1) is 6.54 Å². The van der Waals surface area contributed by atoms with Crippen molar-refractivity contribution in [2.24, 2.45) is 0 Å². The Labute approximate surface area is 119 Å². The van der Waals surface area contributed by atoms with Crippen LogP contribution in [0.5, 0.6) is 0 Å². The highest BCUT2D eigenvalue weighted by molar-refractivity contribution is 6.03. The molecule has 1 N–H and O–H groups in total. The molecule has 6 nitrogen and oxygen atoms in total. The average Bonchev–Trinajstić information content (AvgIpc) is 2.91. The molecule has 0 aliphatic heterocycles. The topological polar surface area (TPSA) is 72.7 Å². The predicted octanol–water partition coefficient (Wildman–Crippen LogP) is 2.03. The highest BCUT2D eigenvalue weighted by Gasteiger charge is 2.30. The molecule has 1 aromatic carbocycles. The van der Waals surface area contributed by atoms with Crippen molar-refractivity contribution in [3.63, 3.8) is 0 Å². The van der Waals surface area contributed by atoms with E-state index in [1.54, 1.807) is 0 Å². The lowest BCUT2D eigenvalue weighted by atomic mass is 10.1. The molecule has 1 amide bonds. The summed E-state index contributed by atoms with van der Waals surface area (Å²) in [5.41, 5.74) is -1.62. The smallest absolute Gasteiger partial charge is 0.270 e. The molecule has 0 spiro atoms. The number of carbonyl (C=O) groups is 1. The third-order valence-electron chi connectivity index (χ3n) is 2.54. The molecule has 0 saturated heterocycles. The molecule has 0 unspecified atom stereocenters. The summed E-state index contributed by atoms with van der Waals surface area (Å²) in [5, 5.41) is 12.3. The summed E-state index contributed by atoms with van der Waals surface area (Å²) < 4.78 is 65.8. The van der Waals surface area contributed by atoms with Crippen molar-refractivity contribution in [2.45, 2.75) is 19.9 Å². The predicted molar refractivity (Wildman–Crippen MR) is 62.3 cm³/mol. The zero-order chi connectivity index (χ0) is 16.4. The molecule has 0 fully saturated rings. The minimum absolute atomic E-state index is 0.366. The second kappa shape index (κ2) is 6.03. The van der Waals surface area contributed by atoms with E-state index in [4.69, 9.17) is 0 Å². The number of anilines is 1. The van der Waals surface area contributed by atoms with Crippen molar-refractivity contribution in [3.05, 3.63) is 34.6 Å². The van der Waals surface area contributed by atoms with Gasteiger partial charge in [-0.15, -0.1) is 5.10 Å². The van der Waals surface area contributed by atoms with Gasteiger partial charge in [0.2, 0.25) is 5.82 Å². The van der Waals surface area contributed by atoms with Crippen LogP contribution < -0.4 is 5.32 Å². The third kappa shape index (κ3) is 2.73. The van der Waals surface area contributed by atoms with Gasteiger partial charge in [-0.25, -0.2) is 22.0 Å². The van der Waals surface area contributed by atoms with Crippen LogP contribution in [0.1, 0.15) is 23.7 Å². The Morgan fingerprint density at radius 3 is 2.14 bits per heavy atom. The van der Waals surface area contributed by atoms with Gasteiger partial charge >= 0.3 is 0 Å². The largest absolute Gasteiger partial charge is 0.288 e. The van der Waals surface area contributed by atoms with Crippen LogP contribution in [0, 0.1) is 29.1 Å². The van der Waals surface area contributed by atoms with E-state index in [0.717, 1.165) is 4.80 Å². The molecular weight excluding hydrogens is 313 g/mol. The molecule has 0 saturated carbocycles. The van der Waals surface area contributed by atoms with Gasteiger partial charge in [-0.1, -0.05) is 12.0 Å². The van der Waals surface area contributed by atoms with E-state index in [1.807, 2.05) is 12.2 Å². The number of benzene rings is 1. The number of halogens is 5. The van der Waals surface area contributed by atoms with Crippen LogP contribution in [0.25, 0.3) is 0 Å². The lowest BCUT2D eigenvalue weighted by Crippen LogP contribution is -2.20. The maximum absolute atomic E-state index is 13.4. The molecule has 2 rings (SSSR count). The van der Waals surface area contributed by atoms with Crippen LogP contribution in [0.3, 0.4) is 0 Å². The summed E-state index contributed by atoms with van der Waals surface area (Å²) in [6.45, 7) is 2.18. The van der Waals surface area contributed by atoms with Gasteiger partial charge < -0.3 is 0 Å². The Hall–Kier alpha value is -2.59. The van der Waals surface area contributed by atoms with Crippen LogP contribution in [0.2, 0.25) is 0 Å². The number of tetrazole rings is 1. The summed E-state index contributed by atoms with van der Waals surface area (Å²) >= 11 is 0. The number of hydrogen-bond acceptors (Lipinski definition) is 4. The van der Waals surface area contributed by atoms with Gasteiger partial charge in [0, 0.05) is 0 Å². The number of aromatic nitrogens is 4. The molecule has 0 bridgehead atoms. The first-order valence-electron chi connectivity index (χ1n) is 5.97. The van der Waals surface area contributed by atoms with Crippen LogP contribution in [-0.2, 0) is 6.54 Å². The highest BCUT2D eigenvalue weighted by atomic mass is 19.2. The van der Waals surface area contributed by atoms with Gasteiger partial charge in [-0.2, -0.15) is 4.80 Å². The third-order valence-corrected chi connectivity index (χ3v) is 2.54. The van der Waals surface area contributed by atoms with Crippen molar-refractivity contribution >= 4 is 11.9 Å². The Morgan fingerprint density at radius 2 is 1.59 bits per heavy atom. The quantitative estimate of drug-likeness (QED) is 0.531. The molecule has 0 radical (unpaired) electrons. The molecule has 1 aromatic heterocycles. The zero-order valence-corrected chi connectivity index (χ0v) is 11.0. The summed E-state index contributed by atoms with van der Waals surface area (Å²) in [4.78, 5) is 12.8. The van der Waals surface area contributed by atoms with Gasteiger partial charge in [0.25, 0.3) is 11.9 Å². The standard InChI is InChI=1S/C11H8F5N5O/c1-2-3-21-19-11(18-20-21)17-10(22)4-5(12)7(14)9(16)8(15)6(4)13/h2-3H2,1H3,(H,17,19,22). The van der Waals surface area contributed by atoms with E-state index in [2.05, 4.69) is 15.4 Å². The summed E-state index contributed by atoms with van der Waals surface area (Å²) in [5.74, 6) is -13.3. The number of nitrogens with one attached hydrogen (secondary N) is 1. The fraction of sp³-hybridized carbons (Fsp3) is 0.273. The monoisotopic (exact) mass is 321 g/mol. The number of carbonyl (C=O) groups excluding carboxylic acids is 1. The lowest BCUT2D eigenvalue weighted by molar-refractivity contribution is 0.101. The summed E-state index contributed by atoms with van der Waals surface area (Å²) in [7, 11) is 0.